The maximum atomic E-state index is 4.65. The topological polar surface area (TPSA) is 110 Å². The third kappa shape index (κ3) is 6.67. The summed E-state index contributed by atoms with van der Waals surface area (Å²) in [6.45, 7) is 7.44. The average Bonchev–Trinajstić information content (AvgIpc) is 3.32. The summed E-state index contributed by atoms with van der Waals surface area (Å²) >= 11 is 0. The molecule has 1 aliphatic heterocycles. The van der Waals surface area contributed by atoms with Gasteiger partial charge in [-0.3, -0.25) is 4.90 Å². The lowest BCUT2D eigenvalue weighted by atomic mass is 10.2. The summed E-state index contributed by atoms with van der Waals surface area (Å²) in [4.78, 5) is 26.7. The molecular weight excluding hydrogens is 452 g/mol. The van der Waals surface area contributed by atoms with E-state index >= 15 is 0 Å². The fraction of sp³-hybridized carbons (Fsp3) is 0.385. The van der Waals surface area contributed by atoms with Crippen LogP contribution < -0.4 is 16.0 Å². The smallest absolute Gasteiger partial charge is 0.229 e. The van der Waals surface area contributed by atoms with Crippen LogP contribution in [0.1, 0.15) is 11.4 Å². The van der Waals surface area contributed by atoms with E-state index in [1.54, 1.807) is 0 Å². The maximum absolute atomic E-state index is 4.65. The van der Waals surface area contributed by atoms with E-state index in [1.165, 1.54) is 5.56 Å². The minimum atomic E-state index is 0.541. The highest BCUT2D eigenvalue weighted by atomic mass is 15.3. The number of likely N-dealkylation sites (N-methyl/N-ethyl adjacent to an activating group) is 1. The summed E-state index contributed by atoms with van der Waals surface area (Å²) in [5.41, 5.74) is 3.20. The minimum Gasteiger partial charge on any atom is -0.354 e. The van der Waals surface area contributed by atoms with Gasteiger partial charge in [0.1, 0.15) is 5.82 Å². The number of H-pyrrole nitrogens is 1. The van der Waals surface area contributed by atoms with E-state index in [1.807, 2.05) is 42.5 Å². The van der Waals surface area contributed by atoms with E-state index in [2.05, 4.69) is 69.9 Å². The molecule has 36 heavy (non-hydrogen) atoms. The SMILES string of the molecule is CN1CCN(CCNc2nc(NCCc3nc4ccccc4[nH]3)nc(NCc3ccccc3)n2)CC1. The molecule has 1 aliphatic rings. The third-order valence-electron chi connectivity index (χ3n) is 6.32. The number of hydrogen-bond acceptors (Lipinski definition) is 9. The second kappa shape index (κ2) is 11.8. The van der Waals surface area contributed by atoms with Crippen LogP contribution in [0.5, 0.6) is 0 Å². The number of para-hydroxylation sites is 2. The molecule has 5 rings (SSSR count). The number of anilines is 3. The molecule has 1 fully saturated rings. The maximum Gasteiger partial charge on any atom is 0.229 e. The van der Waals surface area contributed by atoms with E-state index in [-0.39, 0.29) is 0 Å². The van der Waals surface area contributed by atoms with Gasteiger partial charge in [0.2, 0.25) is 17.8 Å². The lowest BCUT2D eigenvalue weighted by Crippen LogP contribution is -2.45. The summed E-state index contributed by atoms with van der Waals surface area (Å²) in [7, 11) is 2.17. The van der Waals surface area contributed by atoms with Crippen LogP contribution in [-0.4, -0.2) is 87.6 Å². The third-order valence-corrected chi connectivity index (χ3v) is 6.32. The van der Waals surface area contributed by atoms with Crippen molar-refractivity contribution in [1.82, 2.24) is 34.7 Å². The van der Waals surface area contributed by atoms with Gasteiger partial charge in [-0.2, -0.15) is 15.0 Å². The van der Waals surface area contributed by atoms with E-state index in [9.17, 15) is 0 Å². The van der Waals surface area contributed by atoms with Crippen LogP contribution in [0.2, 0.25) is 0 Å². The highest BCUT2D eigenvalue weighted by Gasteiger charge is 2.13. The van der Waals surface area contributed by atoms with E-state index < -0.39 is 0 Å². The van der Waals surface area contributed by atoms with Crippen LogP contribution in [0.15, 0.2) is 54.6 Å². The number of nitrogens with zero attached hydrogens (tertiary/aromatic N) is 6. The normalized spacial score (nSPS) is 14.7. The first-order valence-electron chi connectivity index (χ1n) is 12.6. The molecule has 1 saturated heterocycles. The first-order chi connectivity index (χ1) is 17.7. The van der Waals surface area contributed by atoms with Gasteiger partial charge in [-0.25, -0.2) is 4.98 Å². The van der Waals surface area contributed by atoms with Gasteiger partial charge in [0, 0.05) is 58.8 Å². The molecule has 0 radical (unpaired) electrons. The Bertz CT molecular complexity index is 1200. The average molecular weight is 487 g/mol. The predicted octanol–water partition coefficient (Wildman–Crippen LogP) is 2.67. The Morgan fingerprint density at radius 1 is 0.750 bits per heavy atom. The molecule has 188 valence electrons. The Morgan fingerprint density at radius 2 is 1.42 bits per heavy atom. The number of aromatic amines is 1. The second-order valence-electron chi connectivity index (χ2n) is 9.09. The molecule has 0 unspecified atom stereocenters. The van der Waals surface area contributed by atoms with Gasteiger partial charge in [0.25, 0.3) is 0 Å². The van der Waals surface area contributed by atoms with Crippen LogP contribution in [0, 0.1) is 0 Å². The molecule has 10 nitrogen and oxygen atoms in total. The monoisotopic (exact) mass is 486 g/mol. The van der Waals surface area contributed by atoms with E-state index in [0.717, 1.165) is 62.5 Å². The molecule has 0 bridgehead atoms. The quantitative estimate of drug-likeness (QED) is 0.254. The molecule has 0 aliphatic carbocycles. The van der Waals surface area contributed by atoms with Gasteiger partial charge >= 0.3 is 0 Å². The van der Waals surface area contributed by atoms with Crippen molar-refractivity contribution in [2.75, 3.05) is 68.8 Å². The highest BCUT2D eigenvalue weighted by molar-refractivity contribution is 5.74. The molecule has 4 aromatic rings. The van der Waals surface area contributed by atoms with Crippen LogP contribution in [0.25, 0.3) is 11.0 Å². The number of piperazine rings is 1. The van der Waals surface area contributed by atoms with Crippen molar-refractivity contribution in [3.8, 4) is 0 Å². The zero-order valence-electron chi connectivity index (χ0n) is 20.7. The van der Waals surface area contributed by atoms with Gasteiger partial charge in [0.15, 0.2) is 0 Å². The Morgan fingerprint density at radius 3 is 2.17 bits per heavy atom. The summed E-state index contributed by atoms with van der Waals surface area (Å²) in [5.74, 6) is 2.59. The number of nitrogens with one attached hydrogen (secondary N) is 4. The number of rotatable bonds is 11. The van der Waals surface area contributed by atoms with Gasteiger partial charge in [-0.05, 0) is 24.7 Å². The Hall–Kier alpha value is -3.76. The second-order valence-corrected chi connectivity index (χ2v) is 9.09. The van der Waals surface area contributed by atoms with E-state index in [4.69, 9.17) is 0 Å². The molecule has 2 aromatic heterocycles. The molecule has 0 atom stereocenters. The molecule has 10 heteroatoms. The largest absolute Gasteiger partial charge is 0.354 e. The molecule has 3 heterocycles. The Labute approximate surface area is 211 Å². The number of aromatic nitrogens is 5. The van der Waals surface area contributed by atoms with Gasteiger partial charge in [-0.15, -0.1) is 0 Å². The van der Waals surface area contributed by atoms with Crippen molar-refractivity contribution in [2.45, 2.75) is 13.0 Å². The first-order valence-corrected chi connectivity index (χ1v) is 12.6. The van der Waals surface area contributed by atoms with Crippen molar-refractivity contribution in [3.05, 3.63) is 66.0 Å². The summed E-state index contributed by atoms with van der Waals surface area (Å²) in [5, 5.41) is 10.1. The standard InChI is InChI=1S/C26H34N10/c1-35-15-17-36(18-16-35)14-13-28-25-32-24(33-26(34-25)29-19-20-7-3-2-4-8-20)27-12-11-23-30-21-9-5-6-10-22(21)31-23/h2-10H,11-19H2,1H3,(H,30,31)(H3,27,28,29,32,33,34). The first kappa shape index (κ1) is 24.0. The lowest BCUT2D eigenvalue weighted by Gasteiger charge is -2.32. The Kier molecular flexibility index (Phi) is 7.84. The van der Waals surface area contributed by atoms with Crippen molar-refractivity contribution >= 4 is 28.9 Å². The number of benzene rings is 2. The summed E-state index contributed by atoms with van der Waals surface area (Å²) in [6.07, 6.45) is 0.735. The van der Waals surface area contributed by atoms with E-state index in [0.29, 0.717) is 30.9 Å². The Balaban J connectivity index is 1.20. The van der Waals surface area contributed by atoms with Crippen molar-refractivity contribution < 1.29 is 0 Å². The van der Waals surface area contributed by atoms with Crippen LogP contribution in [0.3, 0.4) is 0 Å². The zero-order chi connectivity index (χ0) is 24.6. The van der Waals surface area contributed by atoms with Crippen molar-refractivity contribution in [3.63, 3.8) is 0 Å². The van der Waals surface area contributed by atoms with Gasteiger partial charge < -0.3 is 25.8 Å². The molecule has 0 saturated carbocycles. The fourth-order valence-corrected chi connectivity index (χ4v) is 4.20. The van der Waals surface area contributed by atoms with Crippen LogP contribution in [0.4, 0.5) is 17.8 Å². The molecule has 4 N–H and O–H groups in total. The van der Waals surface area contributed by atoms with Gasteiger partial charge in [-0.1, -0.05) is 42.5 Å². The van der Waals surface area contributed by atoms with Crippen molar-refractivity contribution in [1.29, 1.82) is 0 Å². The number of hydrogen-bond donors (Lipinski definition) is 4. The molecule has 0 amide bonds. The molecule has 2 aromatic carbocycles. The predicted molar refractivity (Wildman–Crippen MR) is 144 cm³/mol. The number of imidazole rings is 1. The summed E-state index contributed by atoms with van der Waals surface area (Å²) in [6, 6.07) is 18.3. The highest BCUT2D eigenvalue weighted by Crippen LogP contribution is 2.13. The minimum absolute atomic E-state index is 0.541. The number of fused-ring (bicyclic) bond motifs is 1. The van der Waals surface area contributed by atoms with Crippen molar-refractivity contribution in [2.24, 2.45) is 0 Å². The molecule has 0 spiro atoms. The van der Waals surface area contributed by atoms with Crippen LogP contribution in [-0.2, 0) is 13.0 Å². The zero-order valence-corrected chi connectivity index (χ0v) is 20.7. The summed E-state index contributed by atoms with van der Waals surface area (Å²) < 4.78 is 0. The fourth-order valence-electron chi connectivity index (χ4n) is 4.20. The van der Waals surface area contributed by atoms with Gasteiger partial charge in [0.05, 0.1) is 11.0 Å². The lowest BCUT2D eigenvalue weighted by molar-refractivity contribution is 0.158. The van der Waals surface area contributed by atoms with Crippen LogP contribution >= 0.6 is 0 Å². The molecular formula is C26H34N10.